The van der Waals surface area contributed by atoms with Crippen LogP contribution in [0.2, 0.25) is 0 Å². The number of halogens is 1. The molecular formula is C11H22ClNO. The molecule has 0 aliphatic carbocycles. The van der Waals surface area contributed by atoms with Crippen molar-refractivity contribution < 1.29 is 4.79 Å². The van der Waals surface area contributed by atoms with Crippen molar-refractivity contribution in [2.75, 3.05) is 5.88 Å². The van der Waals surface area contributed by atoms with E-state index in [2.05, 4.69) is 26.1 Å². The van der Waals surface area contributed by atoms with Crippen molar-refractivity contribution in [1.82, 2.24) is 5.32 Å². The number of carbonyl (C=O) groups is 1. The molecule has 0 bridgehead atoms. The van der Waals surface area contributed by atoms with Crippen LogP contribution in [0.5, 0.6) is 0 Å². The monoisotopic (exact) mass is 219 g/mol. The Balaban J connectivity index is 4.08. The number of rotatable bonds is 7. The van der Waals surface area contributed by atoms with Crippen LogP contribution in [0.3, 0.4) is 0 Å². The zero-order chi connectivity index (χ0) is 11.0. The molecule has 2 nitrogen and oxygen atoms in total. The zero-order valence-corrected chi connectivity index (χ0v) is 10.3. The third kappa shape index (κ3) is 4.32. The molecule has 0 saturated carbocycles. The summed E-state index contributed by atoms with van der Waals surface area (Å²) in [7, 11) is 0. The second kappa shape index (κ2) is 7.10. The van der Waals surface area contributed by atoms with Gasteiger partial charge < -0.3 is 5.32 Å². The van der Waals surface area contributed by atoms with Gasteiger partial charge in [0.15, 0.2) is 0 Å². The number of amides is 1. The normalized spacial score (nSPS) is 11.4. The van der Waals surface area contributed by atoms with Crippen LogP contribution in [-0.4, -0.2) is 17.3 Å². The van der Waals surface area contributed by atoms with Crippen LogP contribution in [0, 0.1) is 0 Å². The van der Waals surface area contributed by atoms with E-state index >= 15 is 0 Å². The summed E-state index contributed by atoms with van der Waals surface area (Å²) in [5, 5.41) is 3.12. The highest BCUT2D eigenvalue weighted by molar-refractivity contribution is 6.17. The lowest BCUT2D eigenvalue weighted by atomic mass is 9.89. The van der Waals surface area contributed by atoms with E-state index in [4.69, 9.17) is 11.6 Å². The largest absolute Gasteiger partial charge is 0.351 e. The predicted octanol–water partition coefficient (Wildman–Crippen LogP) is 3.09. The Morgan fingerprint density at radius 3 is 2.07 bits per heavy atom. The van der Waals surface area contributed by atoms with Crippen LogP contribution in [0.4, 0.5) is 0 Å². The van der Waals surface area contributed by atoms with Gasteiger partial charge in [-0.15, -0.1) is 11.6 Å². The van der Waals surface area contributed by atoms with Crippen molar-refractivity contribution in [3.8, 4) is 0 Å². The van der Waals surface area contributed by atoms with E-state index in [0.717, 1.165) is 25.7 Å². The van der Waals surface area contributed by atoms with Crippen LogP contribution in [-0.2, 0) is 4.79 Å². The zero-order valence-electron chi connectivity index (χ0n) is 9.53. The molecule has 0 rings (SSSR count). The van der Waals surface area contributed by atoms with Gasteiger partial charge in [-0.05, 0) is 25.7 Å². The molecule has 0 aromatic rings. The minimum Gasteiger partial charge on any atom is -0.351 e. The molecule has 1 N–H and O–H groups in total. The number of hydrogen-bond acceptors (Lipinski definition) is 1. The van der Waals surface area contributed by atoms with Crippen molar-refractivity contribution in [2.45, 2.75) is 58.4 Å². The third-order valence-corrected chi connectivity index (χ3v) is 3.24. The Kier molecular flexibility index (Phi) is 6.98. The maximum atomic E-state index is 11.5. The molecule has 0 atom stereocenters. The van der Waals surface area contributed by atoms with Gasteiger partial charge >= 0.3 is 0 Å². The molecule has 14 heavy (non-hydrogen) atoms. The Bertz CT molecular complexity index is 158. The second-order valence-electron chi connectivity index (χ2n) is 3.68. The van der Waals surface area contributed by atoms with E-state index in [1.165, 1.54) is 0 Å². The number of carbonyl (C=O) groups excluding carboxylic acids is 1. The SMILES string of the molecule is CCC(CC)(CC)NC(=O)CCCCl. The minimum atomic E-state index is 0.00337. The summed E-state index contributed by atoms with van der Waals surface area (Å²) in [5.41, 5.74) is 0.00337. The first-order chi connectivity index (χ1) is 6.64. The average molecular weight is 220 g/mol. The highest BCUT2D eigenvalue weighted by atomic mass is 35.5. The van der Waals surface area contributed by atoms with Crippen LogP contribution < -0.4 is 5.32 Å². The molecule has 0 heterocycles. The van der Waals surface area contributed by atoms with Crippen LogP contribution in [0.15, 0.2) is 0 Å². The molecular weight excluding hydrogens is 198 g/mol. The quantitative estimate of drug-likeness (QED) is 0.656. The summed E-state index contributed by atoms with van der Waals surface area (Å²) in [5.74, 6) is 0.696. The maximum absolute atomic E-state index is 11.5. The molecule has 0 aromatic carbocycles. The van der Waals surface area contributed by atoms with Gasteiger partial charge in [-0.1, -0.05) is 20.8 Å². The Labute approximate surface area is 92.4 Å². The smallest absolute Gasteiger partial charge is 0.220 e. The number of nitrogens with one attached hydrogen (secondary N) is 1. The summed E-state index contributed by atoms with van der Waals surface area (Å²) >= 11 is 5.54. The topological polar surface area (TPSA) is 29.1 Å². The minimum absolute atomic E-state index is 0.00337. The highest BCUT2D eigenvalue weighted by Gasteiger charge is 2.25. The summed E-state index contributed by atoms with van der Waals surface area (Å²) < 4.78 is 0. The molecule has 0 unspecified atom stereocenters. The Morgan fingerprint density at radius 2 is 1.71 bits per heavy atom. The molecule has 3 heteroatoms. The van der Waals surface area contributed by atoms with Gasteiger partial charge in [0.05, 0.1) is 0 Å². The highest BCUT2D eigenvalue weighted by Crippen LogP contribution is 2.19. The average Bonchev–Trinajstić information content (AvgIpc) is 2.23. The van der Waals surface area contributed by atoms with Crippen molar-refractivity contribution >= 4 is 17.5 Å². The fraction of sp³-hybridized carbons (Fsp3) is 0.909. The number of hydrogen-bond donors (Lipinski definition) is 1. The van der Waals surface area contributed by atoms with E-state index in [9.17, 15) is 4.79 Å². The molecule has 0 fully saturated rings. The van der Waals surface area contributed by atoms with Gasteiger partial charge in [-0.3, -0.25) is 4.79 Å². The first kappa shape index (κ1) is 13.8. The fourth-order valence-electron chi connectivity index (χ4n) is 1.60. The summed E-state index contributed by atoms with van der Waals surface area (Å²) in [6, 6.07) is 0. The summed E-state index contributed by atoms with van der Waals surface area (Å²) in [6.07, 6.45) is 4.29. The van der Waals surface area contributed by atoms with Gasteiger partial charge in [0.1, 0.15) is 0 Å². The van der Waals surface area contributed by atoms with Gasteiger partial charge in [0.25, 0.3) is 0 Å². The summed E-state index contributed by atoms with van der Waals surface area (Å²) in [6.45, 7) is 6.36. The Hall–Kier alpha value is -0.240. The summed E-state index contributed by atoms with van der Waals surface area (Å²) in [4.78, 5) is 11.5. The van der Waals surface area contributed by atoms with Crippen molar-refractivity contribution in [3.63, 3.8) is 0 Å². The predicted molar refractivity (Wildman–Crippen MR) is 61.7 cm³/mol. The number of alkyl halides is 1. The van der Waals surface area contributed by atoms with Gasteiger partial charge in [0, 0.05) is 17.8 Å². The molecule has 84 valence electrons. The van der Waals surface area contributed by atoms with E-state index in [1.807, 2.05) is 0 Å². The van der Waals surface area contributed by atoms with E-state index in [0.29, 0.717) is 12.3 Å². The van der Waals surface area contributed by atoms with Gasteiger partial charge in [0.2, 0.25) is 5.91 Å². The molecule has 0 saturated heterocycles. The lowest BCUT2D eigenvalue weighted by Crippen LogP contribution is -2.47. The molecule has 0 aromatic heterocycles. The van der Waals surface area contributed by atoms with Crippen molar-refractivity contribution in [3.05, 3.63) is 0 Å². The van der Waals surface area contributed by atoms with E-state index in [1.54, 1.807) is 0 Å². The van der Waals surface area contributed by atoms with Crippen LogP contribution in [0.1, 0.15) is 52.9 Å². The van der Waals surface area contributed by atoms with Crippen LogP contribution >= 0.6 is 11.6 Å². The molecule has 1 amide bonds. The maximum Gasteiger partial charge on any atom is 0.220 e. The van der Waals surface area contributed by atoms with Gasteiger partial charge in [-0.2, -0.15) is 0 Å². The van der Waals surface area contributed by atoms with Gasteiger partial charge in [-0.25, -0.2) is 0 Å². The fourth-order valence-corrected chi connectivity index (χ4v) is 1.73. The lowest BCUT2D eigenvalue weighted by Gasteiger charge is -2.31. The van der Waals surface area contributed by atoms with Crippen molar-refractivity contribution in [2.24, 2.45) is 0 Å². The lowest BCUT2D eigenvalue weighted by molar-refractivity contribution is -0.123. The van der Waals surface area contributed by atoms with E-state index in [-0.39, 0.29) is 11.4 Å². The molecule has 0 radical (unpaired) electrons. The second-order valence-corrected chi connectivity index (χ2v) is 4.06. The van der Waals surface area contributed by atoms with Crippen LogP contribution in [0.25, 0.3) is 0 Å². The third-order valence-electron chi connectivity index (χ3n) is 2.97. The molecule has 0 aliphatic rings. The first-order valence-corrected chi connectivity index (χ1v) is 6.04. The Morgan fingerprint density at radius 1 is 1.21 bits per heavy atom. The molecule has 0 aliphatic heterocycles. The van der Waals surface area contributed by atoms with E-state index < -0.39 is 0 Å². The first-order valence-electron chi connectivity index (χ1n) is 5.51. The molecule has 0 spiro atoms. The standard InChI is InChI=1S/C11H22ClNO/c1-4-11(5-2,6-3)13-10(14)8-7-9-12/h4-9H2,1-3H3,(H,13,14). The van der Waals surface area contributed by atoms with Crippen molar-refractivity contribution in [1.29, 1.82) is 0 Å².